The van der Waals surface area contributed by atoms with Crippen LogP contribution in [0, 0.1) is 0 Å². The zero-order valence-electron chi connectivity index (χ0n) is 20.3. The molecule has 0 saturated carbocycles. The Morgan fingerprint density at radius 3 is 1.89 bits per heavy atom. The Morgan fingerprint density at radius 2 is 1.33 bits per heavy atom. The molecule has 2 rings (SSSR count). The fourth-order valence-electron chi connectivity index (χ4n) is 3.25. The second kappa shape index (κ2) is 16.9. The summed E-state index contributed by atoms with van der Waals surface area (Å²) in [4.78, 5) is 22.8. The fourth-order valence-corrected chi connectivity index (χ4v) is 3.25. The number of hydrogen-bond donors (Lipinski definition) is 5. The lowest BCUT2D eigenvalue weighted by Crippen LogP contribution is -2.59. The first-order valence-corrected chi connectivity index (χ1v) is 11.8. The van der Waals surface area contributed by atoms with E-state index in [0.29, 0.717) is 59.4 Å². The van der Waals surface area contributed by atoms with Crippen molar-refractivity contribution in [3.63, 3.8) is 0 Å². The standard InChI is InChI=1S/C22H37NO13/c1-2-34-21-15(17(26)19(21)28)23-3-4-30-5-6-31-7-8-32-9-10-33-11-12-35-22-20(29)18(27)16(25)14(13-24)36-22/h14,16,18,20,22-25,27,29H,2-13H2,1H3/t14-,16-,18+,20+,22?/m1/s1. The molecule has 0 bridgehead atoms. The van der Waals surface area contributed by atoms with E-state index < -0.39 is 48.2 Å². The van der Waals surface area contributed by atoms with Crippen LogP contribution in [0.3, 0.4) is 0 Å². The molecule has 1 heterocycles. The third-order valence-corrected chi connectivity index (χ3v) is 5.18. The molecule has 0 aliphatic carbocycles. The molecular formula is C22H37NO13. The summed E-state index contributed by atoms with van der Waals surface area (Å²) in [5, 5.41) is 41.2. The van der Waals surface area contributed by atoms with E-state index in [2.05, 4.69) is 5.32 Å². The summed E-state index contributed by atoms with van der Waals surface area (Å²) in [6, 6.07) is 0. The van der Waals surface area contributed by atoms with Crippen molar-refractivity contribution in [2.75, 3.05) is 84.5 Å². The maximum atomic E-state index is 11.5. The van der Waals surface area contributed by atoms with Crippen LogP contribution in [0.5, 0.6) is 5.75 Å². The Labute approximate surface area is 208 Å². The van der Waals surface area contributed by atoms with Gasteiger partial charge >= 0.3 is 0 Å². The van der Waals surface area contributed by atoms with E-state index in [1.54, 1.807) is 6.92 Å². The molecule has 1 unspecified atom stereocenters. The van der Waals surface area contributed by atoms with Crippen LogP contribution < -0.4 is 20.9 Å². The predicted molar refractivity (Wildman–Crippen MR) is 124 cm³/mol. The fraction of sp³-hybridized carbons (Fsp3) is 0.818. The maximum Gasteiger partial charge on any atom is 0.272 e. The summed E-state index contributed by atoms with van der Waals surface area (Å²) in [6.45, 7) is 4.62. The SMILES string of the molecule is CCOc1c(NCCOCCOCCOCCOCCOC2O[C@H](CO)[C@@H](O)[C@H](O)[C@@H]2O)c(=O)c1=O. The molecule has 1 aliphatic rings. The lowest BCUT2D eigenvalue weighted by atomic mass is 9.99. The second-order valence-corrected chi connectivity index (χ2v) is 7.74. The Kier molecular flexibility index (Phi) is 14.3. The minimum Gasteiger partial charge on any atom is -0.488 e. The quantitative estimate of drug-likeness (QED) is 0.0856. The van der Waals surface area contributed by atoms with Gasteiger partial charge in [-0.2, -0.15) is 0 Å². The van der Waals surface area contributed by atoms with Gasteiger partial charge in [0.1, 0.15) is 30.1 Å². The highest BCUT2D eigenvalue weighted by Crippen LogP contribution is 2.21. The molecule has 208 valence electrons. The molecule has 14 heteroatoms. The van der Waals surface area contributed by atoms with Gasteiger partial charge < -0.3 is 58.9 Å². The smallest absolute Gasteiger partial charge is 0.272 e. The molecule has 5 atom stereocenters. The third kappa shape index (κ3) is 9.30. The van der Waals surface area contributed by atoms with E-state index in [0.717, 1.165) is 0 Å². The first kappa shape index (κ1) is 30.5. The number of ether oxygens (including phenoxy) is 7. The Morgan fingerprint density at radius 1 is 0.778 bits per heavy atom. The Hall–Kier alpha value is -1.72. The van der Waals surface area contributed by atoms with Crippen LogP contribution in [-0.2, 0) is 28.4 Å². The molecule has 0 aromatic heterocycles. The normalized spacial score (nSPS) is 24.3. The van der Waals surface area contributed by atoms with Gasteiger partial charge in [-0.05, 0) is 6.92 Å². The van der Waals surface area contributed by atoms with E-state index in [1.807, 2.05) is 0 Å². The van der Waals surface area contributed by atoms with Crippen LogP contribution in [0.15, 0.2) is 9.59 Å². The number of rotatable bonds is 20. The predicted octanol–water partition coefficient (Wildman–Crippen LogP) is -3.02. The topological polar surface area (TPSA) is 192 Å². The van der Waals surface area contributed by atoms with Crippen LogP contribution in [0.1, 0.15) is 6.92 Å². The van der Waals surface area contributed by atoms with E-state index in [1.165, 1.54) is 0 Å². The zero-order chi connectivity index (χ0) is 26.3. The van der Waals surface area contributed by atoms with Gasteiger partial charge in [0.05, 0.1) is 72.7 Å². The van der Waals surface area contributed by atoms with Crippen molar-refractivity contribution in [2.24, 2.45) is 0 Å². The van der Waals surface area contributed by atoms with E-state index in [4.69, 9.17) is 38.3 Å². The lowest BCUT2D eigenvalue weighted by Gasteiger charge is -2.39. The maximum absolute atomic E-state index is 11.5. The third-order valence-electron chi connectivity index (χ3n) is 5.18. The van der Waals surface area contributed by atoms with Crippen molar-refractivity contribution >= 4 is 5.69 Å². The Bertz CT molecular complexity index is 797. The number of hydrogen-bond acceptors (Lipinski definition) is 14. The van der Waals surface area contributed by atoms with Gasteiger partial charge in [0.25, 0.3) is 10.9 Å². The molecule has 1 aromatic carbocycles. The number of nitrogens with one attached hydrogen (secondary N) is 1. The lowest BCUT2D eigenvalue weighted by molar-refractivity contribution is -0.302. The van der Waals surface area contributed by atoms with Crippen LogP contribution >= 0.6 is 0 Å². The zero-order valence-corrected chi connectivity index (χ0v) is 20.3. The van der Waals surface area contributed by atoms with E-state index in [9.17, 15) is 24.9 Å². The van der Waals surface area contributed by atoms with Gasteiger partial charge in [-0.3, -0.25) is 9.59 Å². The highest BCUT2D eigenvalue weighted by molar-refractivity contribution is 5.61. The highest BCUT2D eigenvalue weighted by Gasteiger charge is 2.43. The second-order valence-electron chi connectivity index (χ2n) is 7.74. The summed E-state index contributed by atoms with van der Waals surface area (Å²) < 4.78 is 37.1. The number of aliphatic hydroxyl groups is 4. The summed E-state index contributed by atoms with van der Waals surface area (Å²) in [6.07, 6.45) is -6.54. The monoisotopic (exact) mass is 523 g/mol. The average molecular weight is 524 g/mol. The van der Waals surface area contributed by atoms with Crippen LogP contribution in [0.25, 0.3) is 0 Å². The van der Waals surface area contributed by atoms with Crippen molar-refractivity contribution in [1.82, 2.24) is 0 Å². The first-order chi connectivity index (χ1) is 17.4. The molecular weight excluding hydrogens is 486 g/mol. The van der Waals surface area contributed by atoms with Crippen LogP contribution in [0.2, 0.25) is 0 Å². The molecule has 1 fully saturated rings. The molecule has 1 saturated heterocycles. The van der Waals surface area contributed by atoms with Crippen molar-refractivity contribution in [3.8, 4) is 5.75 Å². The summed E-state index contributed by atoms with van der Waals surface area (Å²) >= 11 is 0. The minimum atomic E-state index is -1.48. The summed E-state index contributed by atoms with van der Waals surface area (Å²) in [5.41, 5.74) is -0.985. The number of anilines is 1. The molecule has 14 nitrogen and oxygen atoms in total. The average Bonchev–Trinajstić information content (AvgIpc) is 2.89. The molecule has 0 amide bonds. The van der Waals surface area contributed by atoms with Gasteiger partial charge in [-0.15, -0.1) is 0 Å². The van der Waals surface area contributed by atoms with Crippen LogP contribution in [-0.4, -0.2) is 130 Å². The molecule has 1 aliphatic heterocycles. The first-order valence-electron chi connectivity index (χ1n) is 11.8. The molecule has 1 aromatic rings. The number of aliphatic hydroxyl groups excluding tert-OH is 4. The van der Waals surface area contributed by atoms with Crippen molar-refractivity contribution in [3.05, 3.63) is 20.4 Å². The highest BCUT2D eigenvalue weighted by atomic mass is 16.7. The molecule has 36 heavy (non-hydrogen) atoms. The van der Waals surface area contributed by atoms with Gasteiger partial charge in [0.15, 0.2) is 12.0 Å². The molecule has 5 N–H and O–H groups in total. The van der Waals surface area contributed by atoms with Crippen molar-refractivity contribution in [2.45, 2.75) is 37.6 Å². The molecule has 0 spiro atoms. The largest absolute Gasteiger partial charge is 0.488 e. The van der Waals surface area contributed by atoms with Crippen molar-refractivity contribution in [1.29, 1.82) is 0 Å². The van der Waals surface area contributed by atoms with Gasteiger partial charge in [-0.1, -0.05) is 0 Å². The Balaban J connectivity index is 1.35. The van der Waals surface area contributed by atoms with Gasteiger partial charge in [0.2, 0.25) is 0 Å². The van der Waals surface area contributed by atoms with Gasteiger partial charge in [0, 0.05) is 6.54 Å². The summed E-state index contributed by atoms with van der Waals surface area (Å²) in [5.74, 6) is 0.0812. The minimum absolute atomic E-state index is 0.0705. The van der Waals surface area contributed by atoms with Crippen LogP contribution in [0.4, 0.5) is 5.69 Å². The van der Waals surface area contributed by atoms with Crippen molar-refractivity contribution < 1.29 is 53.6 Å². The van der Waals surface area contributed by atoms with E-state index >= 15 is 0 Å². The molecule has 0 radical (unpaired) electrons. The van der Waals surface area contributed by atoms with Gasteiger partial charge in [-0.25, -0.2) is 0 Å². The summed E-state index contributed by atoms with van der Waals surface area (Å²) in [7, 11) is 0. The van der Waals surface area contributed by atoms with E-state index in [-0.39, 0.29) is 24.7 Å².